The Morgan fingerprint density at radius 2 is 0.500 bits per heavy atom. The summed E-state index contributed by atoms with van der Waals surface area (Å²) in [6.45, 7) is 7.20. The summed E-state index contributed by atoms with van der Waals surface area (Å²) in [6, 6.07) is 0. The lowest BCUT2D eigenvalue weighted by molar-refractivity contribution is -0.161. The van der Waals surface area contributed by atoms with Crippen LogP contribution in [0.1, 0.15) is 407 Å². The summed E-state index contributed by atoms with van der Waals surface area (Å²) >= 11 is 0. The first-order chi connectivity index (χ1) is 46.6. The van der Waals surface area contributed by atoms with Gasteiger partial charge in [0.2, 0.25) is 0 Å². The first kappa shape index (κ1) is 94.1. The highest BCUT2D eigenvalue weighted by Gasteiger charge is 2.30. The van der Waals surface area contributed by atoms with Crippen molar-refractivity contribution >= 4 is 39.5 Å². The van der Waals surface area contributed by atoms with E-state index in [1.807, 2.05) is 0 Å². The molecule has 0 spiro atoms. The Morgan fingerprint density at radius 1 is 0.292 bits per heavy atom. The third kappa shape index (κ3) is 69.2. The summed E-state index contributed by atoms with van der Waals surface area (Å²) in [5.41, 5.74) is 0. The molecule has 17 nitrogen and oxygen atoms in total. The average Bonchev–Trinajstić information content (AvgIpc) is 1.98. The van der Waals surface area contributed by atoms with Crippen LogP contribution in [0.4, 0.5) is 0 Å². The lowest BCUT2D eigenvalue weighted by Crippen LogP contribution is -2.30. The van der Waals surface area contributed by atoms with Crippen LogP contribution >= 0.6 is 15.6 Å². The summed E-state index contributed by atoms with van der Waals surface area (Å²) in [7, 11) is -9.90. The quantitative estimate of drug-likeness (QED) is 0.0222. The van der Waals surface area contributed by atoms with Gasteiger partial charge >= 0.3 is 39.5 Å². The molecule has 0 rings (SSSR count). The molecule has 0 aromatic rings. The molecule has 0 aliphatic carbocycles. The van der Waals surface area contributed by atoms with E-state index in [-0.39, 0.29) is 25.7 Å². The monoisotopic (exact) mass is 1410 g/mol. The Bertz CT molecular complexity index is 1840. The van der Waals surface area contributed by atoms with Crippen LogP contribution in [0.3, 0.4) is 0 Å². The zero-order chi connectivity index (χ0) is 70.5. The Labute approximate surface area is 588 Å². The lowest BCUT2D eigenvalue weighted by Gasteiger charge is -2.21. The summed E-state index contributed by atoms with van der Waals surface area (Å²) in [4.78, 5) is 72.6. The second-order valence-corrected chi connectivity index (χ2v) is 30.9. The highest BCUT2D eigenvalue weighted by atomic mass is 31.2. The molecule has 0 radical (unpaired) electrons. The molecule has 0 aliphatic heterocycles. The Hall–Kier alpha value is -1.94. The van der Waals surface area contributed by atoms with Crippen LogP contribution < -0.4 is 0 Å². The third-order valence-electron chi connectivity index (χ3n) is 18.4. The number of hydrogen-bond donors (Lipinski definition) is 3. The van der Waals surface area contributed by atoms with Crippen molar-refractivity contribution < 1.29 is 80.2 Å². The molecule has 0 saturated carbocycles. The van der Waals surface area contributed by atoms with Crippen molar-refractivity contribution in [3.63, 3.8) is 0 Å². The molecule has 570 valence electrons. The van der Waals surface area contributed by atoms with E-state index in [9.17, 15) is 43.2 Å². The maximum atomic E-state index is 13.1. The number of unbranched alkanes of at least 4 members (excludes halogenated alkanes) is 48. The van der Waals surface area contributed by atoms with Gasteiger partial charge in [-0.25, -0.2) is 9.13 Å². The fourth-order valence-corrected chi connectivity index (χ4v) is 13.4. The Kier molecular flexibility index (Phi) is 68.7. The first-order valence-corrected chi connectivity index (χ1v) is 43.2. The molecule has 0 bridgehead atoms. The van der Waals surface area contributed by atoms with Gasteiger partial charge in [0.15, 0.2) is 12.2 Å². The number of phosphoric ester groups is 2. The van der Waals surface area contributed by atoms with Crippen LogP contribution in [0.15, 0.2) is 0 Å². The van der Waals surface area contributed by atoms with Crippen molar-refractivity contribution in [1.82, 2.24) is 0 Å². The van der Waals surface area contributed by atoms with Crippen LogP contribution in [-0.2, 0) is 65.4 Å². The maximum Gasteiger partial charge on any atom is 0.472 e. The first-order valence-electron chi connectivity index (χ1n) is 40.2. The molecular weight excluding hydrogens is 1260 g/mol. The highest BCUT2D eigenvalue weighted by Crippen LogP contribution is 2.45. The number of aliphatic hydroxyl groups excluding tert-OH is 1. The second-order valence-electron chi connectivity index (χ2n) is 28.0. The van der Waals surface area contributed by atoms with Crippen LogP contribution in [0.25, 0.3) is 0 Å². The standard InChI is InChI=1S/C77H150O17P2/c1-6-10-13-16-19-21-23-25-27-29-31-32-33-35-37-39-41-43-46-52-57-62-76(81)93-72(67-88-75(80)61-56-51-45-42-40-38-36-34-30-28-26-24-22-20-17-14-11-7-2)68-91-95(83,84)89-64-71(78)65-90-96(85,86)92-69-73(66-87-74(79)60-55-50-44-18-15-12-8-3)94-77(82)63-58-53-48-47-49-54-59-70(5)9-4/h70-73,78H,6-69H2,1-5H3,(H,83,84)(H,85,86)/t70?,71-,72-,73-/m1/s1. The van der Waals surface area contributed by atoms with Crippen LogP contribution in [0, 0.1) is 5.92 Å². The van der Waals surface area contributed by atoms with Gasteiger partial charge in [-0.2, -0.15) is 0 Å². The smallest absolute Gasteiger partial charge is 0.462 e. The minimum absolute atomic E-state index is 0.103. The number of hydrogen-bond acceptors (Lipinski definition) is 15. The maximum absolute atomic E-state index is 13.1. The summed E-state index contributed by atoms with van der Waals surface area (Å²) in [5, 5.41) is 10.6. The van der Waals surface area contributed by atoms with Crippen molar-refractivity contribution in [3.05, 3.63) is 0 Å². The van der Waals surface area contributed by atoms with Gasteiger partial charge in [0, 0.05) is 25.7 Å². The van der Waals surface area contributed by atoms with Gasteiger partial charge < -0.3 is 33.8 Å². The number of carbonyl (C=O) groups excluding carboxylic acids is 4. The van der Waals surface area contributed by atoms with Crippen molar-refractivity contribution in [2.24, 2.45) is 5.92 Å². The largest absolute Gasteiger partial charge is 0.472 e. The molecule has 0 fully saturated rings. The van der Waals surface area contributed by atoms with E-state index >= 15 is 0 Å². The minimum Gasteiger partial charge on any atom is -0.462 e. The summed E-state index contributed by atoms with van der Waals surface area (Å²) < 4.78 is 68.4. The number of esters is 4. The fourth-order valence-electron chi connectivity index (χ4n) is 11.8. The zero-order valence-electron chi connectivity index (χ0n) is 62.5. The topological polar surface area (TPSA) is 237 Å². The predicted molar refractivity (Wildman–Crippen MR) is 391 cm³/mol. The SMILES string of the molecule is CCCCCCCCCCCCCCCCCCCCCCCC(=O)O[C@H](COC(=O)CCCCCCCCCCCCCCCCCCCC)COP(=O)(O)OC[C@@H](O)COP(=O)(O)OC[C@@H](COC(=O)CCCCCCCCC)OC(=O)CCCCCCCCC(C)CC. The Balaban J connectivity index is 5.15. The number of rotatable bonds is 77. The number of aliphatic hydroxyl groups is 1. The highest BCUT2D eigenvalue weighted by molar-refractivity contribution is 7.47. The summed E-state index contributed by atoms with van der Waals surface area (Å²) in [5.74, 6) is -1.40. The van der Waals surface area contributed by atoms with Crippen LogP contribution in [0.2, 0.25) is 0 Å². The van der Waals surface area contributed by atoms with Gasteiger partial charge in [-0.3, -0.25) is 37.3 Å². The van der Waals surface area contributed by atoms with Crippen LogP contribution in [0.5, 0.6) is 0 Å². The molecular formula is C77H150O17P2. The van der Waals surface area contributed by atoms with Crippen molar-refractivity contribution in [2.75, 3.05) is 39.6 Å². The van der Waals surface area contributed by atoms with Crippen molar-refractivity contribution in [3.8, 4) is 0 Å². The second kappa shape index (κ2) is 70.1. The van der Waals surface area contributed by atoms with Crippen molar-refractivity contribution in [2.45, 2.75) is 425 Å². The lowest BCUT2D eigenvalue weighted by atomic mass is 10.00. The third-order valence-corrected chi connectivity index (χ3v) is 20.3. The Morgan fingerprint density at radius 3 is 0.740 bits per heavy atom. The number of carbonyl (C=O) groups is 4. The van der Waals surface area contributed by atoms with Gasteiger partial charge in [0.05, 0.1) is 26.4 Å². The van der Waals surface area contributed by atoms with Gasteiger partial charge in [-0.1, -0.05) is 356 Å². The molecule has 0 amide bonds. The van der Waals surface area contributed by atoms with E-state index in [0.29, 0.717) is 25.7 Å². The molecule has 0 aromatic carbocycles. The van der Waals surface area contributed by atoms with Gasteiger partial charge in [-0.15, -0.1) is 0 Å². The van der Waals surface area contributed by atoms with Gasteiger partial charge in [0.1, 0.15) is 19.3 Å². The van der Waals surface area contributed by atoms with E-state index in [4.69, 9.17) is 37.0 Å². The zero-order valence-corrected chi connectivity index (χ0v) is 64.3. The van der Waals surface area contributed by atoms with E-state index in [2.05, 4.69) is 34.6 Å². The number of ether oxygens (including phenoxy) is 4. The molecule has 3 N–H and O–H groups in total. The van der Waals surface area contributed by atoms with Crippen LogP contribution in [-0.4, -0.2) is 96.7 Å². The number of phosphoric acid groups is 2. The van der Waals surface area contributed by atoms with Gasteiger partial charge in [-0.05, 0) is 31.6 Å². The molecule has 0 heterocycles. The normalized spacial score (nSPS) is 14.2. The van der Waals surface area contributed by atoms with E-state index in [1.54, 1.807) is 0 Å². The van der Waals surface area contributed by atoms with Crippen molar-refractivity contribution in [1.29, 1.82) is 0 Å². The molecule has 0 saturated heterocycles. The van der Waals surface area contributed by atoms with E-state index in [0.717, 1.165) is 109 Å². The van der Waals surface area contributed by atoms with Gasteiger partial charge in [0.25, 0.3) is 0 Å². The molecule has 3 unspecified atom stereocenters. The van der Waals surface area contributed by atoms with E-state index in [1.165, 1.54) is 218 Å². The molecule has 0 aromatic heterocycles. The fraction of sp³-hybridized carbons (Fsp3) is 0.948. The van der Waals surface area contributed by atoms with E-state index < -0.39 is 97.5 Å². The molecule has 96 heavy (non-hydrogen) atoms. The molecule has 0 aliphatic rings. The summed E-state index contributed by atoms with van der Waals surface area (Å²) in [6.07, 6.45) is 60.1. The average molecular weight is 1410 g/mol. The molecule has 19 heteroatoms. The minimum atomic E-state index is -4.96. The predicted octanol–water partition coefficient (Wildman–Crippen LogP) is 22.9. The molecule has 6 atom stereocenters.